The van der Waals surface area contributed by atoms with E-state index in [0.29, 0.717) is 21.8 Å². The molecule has 34 heavy (non-hydrogen) atoms. The molecule has 2 aromatic carbocycles. The summed E-state index contributed by atoms with van der Waals surface area (Å²) in [5.41, 5.74) is 3.63. The number of aromatic nitrogens is 2. The minimum atomic E-state index is -1.42. The van der Waals surface area contributed by atoms with Gasteiger partial charge in [0, 0.05) is 29.9 Å². The average molecular weight is 493 g/mol. The zero-order chi connectivity index (χ0) is 23.8. The fraction of sp³-hybridized carbons (Fsp3) is 0.217. The molecule has 11 heteroatoms. The zero-order valence-electron chi connectivity index (χ0n) is 18.9. The highest BCUT2D eigenvalue weighted by Gasteiger charge is 2.15. The summed E-state index contributed by atoms with van der Waals surface area (Å²) in [5.74, 6) is -0.415. The SMILES string of the molecule is CNCc1ccc(C(=N)OC(=N)c2nc(-c3ccc(S(=O)NCCO)cc3)cnc2C)cc1.O.[HH].[HH].[HH].[HH]. The number of hydrogen-bond donors (Lipinski definition) is 5. The lowest BCUT2D eigenvalue weighted by Crippen LogP contribution is -2.20. The van der Waals surface area contributed by atoms with Crippen LogP contribution in [-0.4, -0.2) is 56.8 Å². The number of rotatable bonds is 9. The lowest BCUT2D eigenvalue weighted by atomic mass is 10.1. The molecule has 0 bridgehead atoms. The third-order valence-corrected chi connectivity index (χ3v) is 5.85. The van der Waals surface area contributed by atoms with Gasteiger partial charge in [-0.1, -0.05) is 24.3 Å². The highest BCUT2D eigenvalue weighted by atomic mass is 32.2. The highest BCUT2D eigenvalue weighted by Crippen LogP contribution is 2.20. The van der Waals surface area contributed by atoms with Crippen molar-refractivity contribution in [3.63, 3.8) is 0 Å². The molecule has 0 spiro atoms. The van der Waals surface area contributed by atoms with Crippen molar-refractivity contribution in [1.29, 1.82) is 10.8 Å². The van der Waals surface area contributed by atoms with Crippen molar-refractivity contribution in [2.24, 2.45) is 0 Å². The predicted octanol–water partition coefficient (Wildman–Crippen LogP) is 2.30. The lowest BCUT2D eigenvalue weighted by molar-refractivity contribution is 0.302. The number of aryl methyl sites for hydroxylation is 1. The standard InChI is InChI=1S/C23H26N6O3S.H2O.4H2/c1-15-21(23(25)32-22(24)18-5-3-16(4-6-18)13-26-2)29-20(14-27-15)17-7-9-19(10-8-17)33(31)28-11-12-30;;;;;/h3-10,14,24-26,28,30H,11-13H2,1-2H3;1H2;4*1H. The van der Waals surface area contributed by atoms with Crippen LogP contribution in [0.4, 0.5) is 0 Å². The summed E-state index contributed by atoms with van der Waals surface area (Å²) in [4.78, 5) is 9.40. The fourth-order valence-corrected chi connectivity index (χ4v) is 3.79. The molecule has 3 rings (SSSR count). The monoisotopic (exact) mass is 492 g/mol. The molecule has 1 atom stereocenters. The molecule has 0 amide bonds. The summed E-state index contributed by atoms with van der Waals surface area (Å²) in [5, 5.41) is 28.4. The molecule has 1 unspecified atom stereocenters. The van der Waals surface area contributed by atoms with E-state index in [4.69, 9.17) is 20.7 Å². The molecule has 3 aromatic rings. The molecule has 0 saturated carbocycles. The van der Waals surface area contributed by atoms with E-state index in [2.05, 4.69) is 20.0 Å². The third-order valence-electron chi connectivity index (χ3n) is 4.68. The van der Waals surface area contributed by atoms with Crippen molar-refractivity contribution in [3.8, 4) is 11.3 Å². The third kappa shape index (κ3) is 6.83. The molecule has 0 aliphatic heterocycles. The van der Waals surface area contributed by atoms with E-state index in [1.54, 1.807) is 49.5 Å². The number of nitrogens with zero attached hydrogens (tertiary/aromatic N) is 2. The van der Waals surface area contributed by atoms with Crippen LogP contribution in [0.25, 0.3) is 11.3 Å². The zero-order valence-corrected chi connectivity index (χ0v) is 19.7. The van der Waals surface area contributed by atoms with Crippen LogP contribution >= 0.6 is 0 Å². The summed E-state index contributed by atoms with van der Waals surface area (Å²) < 4.78 is 20.3. The van der Waals surface area contributed by atoms with Gasteiger partial charge >= 0.3 is 0 Å². The Hall–Kier alpha value is -3.35. The van der Waals surface area contributed by atoms with Gasteiger partial charge in [-0.2, -0.15) is 0 Å². The van der Waals surface area contributed by atoms with Gasteiger partial charge in [-0.3, -0.25) is 15.8 Å². The first kappa shape index (κ1) is 26.9. The van der Waals surface area contributed by atoms with E-state index in [0.717, 1.165) is 17.7 Å². The Bertz CT molecular complexity index is 1170. The van der Waals surface area contributed by atoms with Crippen molar-refractivity contribution in [2.45, 2.75) is 18.4 Å². The highest BCUT2D eigenvalue weighted by molar-refractivity contribution is 7.83. The Morgan fingerprint density at radius 2 is 1.79 bits per heavy atom. The normalized spacial score (nSPS) is 11.4. The number of nitrogens with one attached hydrogen (secondary N) is 4. The van der Waals surface area contributed by atoms with Crippen LogP contribution < -0.4 is 10.0 Å². The molecule has 188 valence electrons. The molecule has 10 nitrogen and oxygen atoms in total. The summed E-state index contributed by atoms with van der Waals surface area (Å²) in [6, 6.07) is 14.3. The maximum atomic E-state index is 12.1. The molecule has 0 fully saturated rings. The van der Waals surface area contributed by atoms with Gasteiger partial charge in [0.05, 0.1) is 29.1 Å². The second-order valence-corrected chi connectivity index (χ2v) is 8.39. The summed E-state index contributed by atoms with van der Waals surface area (Å²) in [6.07, 6.45) is 1.59. The first-order valence-electron chi connectivity index (χ1n) is 10.2. The second kappa shape index (κ2) is 12.8. The molecule has 0 saturated heterocycles. The molecule has 0 aliphatic rings. The van der Waals surface area contributed by atoms with E-state index in [9.17, 15) is 4.21 Å². The second-order valence-electron chi connectivity index (χ2n) is 7.09. The lowest BCUT2D eigenvalue weighted by Gasteiger charge is -2.11. The van der Waals surface area contributed by atoms with Gasteiger partial charge in [0.2, 0.25) is 11.8 Å². The fourth-order valence-electron chi connectivity index (χ4n) is 2.96. The maximum Gasteiger partial charge on any atom is 0.241 e. The van der Waals surface area contributed by atoms with E-state index >= 15 is 0 Å². The van der Waals surface area contributed by atoms with E-state index in [1.165, 1.54) is 0 Å². The Balaban J connectivity index is -0.00000245. The van der Waals surface area contributed by atoms with Crippen molar-refractivity contribution in [3.05, 3.63) is 77.2 Å². The Morgan fingerprint density at radius 1 is 1.12 bits per heavy atom. The van der Waals surface area contributed by atoms with Crippen LogP contribution in [0.2, 0.25) is 0 Å². The van der Waals surface area contributed by atoms with Gasteiger partial charge in [-0.15, -0.1) is 0 Å². The van der Waals surface area contributed by atoms with Crippen LogP contribution in [0.3, 0.4) is 0 Å². The Morgan fingerprint density at radius 3 is 2.41 bits per heavy atom. The Kier molecular flexibility index (Phi) is 10.1. The van der Waals surface area contributed by atoms with Crippen LogP contribution in [0.5, 0.6) is 0 Å². The van der Waals surface area contributed by atoms with Crippen LogP contribution in [0.1, 0.15) is 28.2 Å². The summed E-state index contributed by atoms with van der Waals surface area (Å²) >= 11 is 0. The smallest absolute Gasteiger partial charge is 0.241 e. The van der Waals surface area contributed by atoms with Gasteiger partial charge in [-0.05, 0) is 43.8 Å². The first-order valence-corrected chi connectivity index (χ1v) is 11.4. The van der Waals surface area contributed by atoms with Crippen LogP contribution in [-0.2, 0) is 22.3 Å². The largest absolute Gasteiger partial charge is 0.419 e. The number of ether oxygens (including phenoxy) is 1. The molecule has 0 radical (unpaired) electrons. The minimum Gasteiger partial charge on any atom is -0.419 e. The predicted molar refractivity (Wildman–Crippen MR) is 140 cm³/mol. The Labute approximate surface area is 206 Å². The first-order chi connectivity index (χ1) is 15.9. The van der Waals surface area contributed by atoms with Crippen LogP contribution in [0.15, 0.2) is 59.6 Å². The van der Waals surface area contributed by atoms with Crippen molar-refractivity contribution < 1.29 is 25.2 Å². The van der Waals surface area contributed by atoms with Crippen molar-refractivity contribution >= 4 is 22.8 Å². The van der Waals surface area contributed by atoms with E-state index in [-0.39, 0.29) is 41.8 Å². The molecule has 0 aliphatic carbocycles. The maximum absolute atomic E-state index is 12.1. The number of aliphatic hydroxyl groups is 1. The van der Waals surface area contributed by atoms with Crippen LogP contribution in [0, 0.1) is 17.7 Å². The van der Waals surface area contributed by atoms with Gasteiger partial charge in [0.1, 0.15) is 16.7 Å². The summed E-state index contributed by atoms with van der Waals surface area (Å²) in [7, 11) is 0.446. The quantitative estimate of drug-likeness (QED) is 0.226. The van der Waals surface area contributed by atoms with E-state index in [1.807, 2.05) is 19.2 Å². The topological polar surface area (TPSA) is 176 Å². The molecule has 7 N–H and O–H groups in total. The van der Waals surface area contributed by atoms with E-state index < -0.39 is 11.0 Å². The van der Waals surface area contributed by atoms with Crippen molar-refractivity contribution in [1.82, 2.24) is 20.0 Å². The number of benzene rings is 2. The minimum absolute atomic E-state index is 0. The molecular formula is C23H36N6O4S. The summed E-state index contributed by atoms with van der Waals surface area (Å²) in [6.45, 7) is 2.58. The average Bonchev–Trinajstić information content (AvgIpc) is 2.83. The van der Waals surface area contributed by atoms with Gasteiger partial charge in [0.25, 0.3) is 0 Å². The molecular weight excluding hydrogens is 456 g/mol. The molecule has 1 heterocycles. The van der Waals surface area contributed by atoms with Gasteiger partial charge in [0.15, 0.2) is 0 Å². The number of hydrogen-bond acceptors (Lipinski definition) is 8. The van der Waals surface area contributed by atoms with Gasteiger partial charge in [-0.25, -0.2) is 13.9 Å². The number of aliphatic hydroxyl groups excluding tert-OH is 1. The van der Waals surface area contributed by atoms with Gasteiger partial charge < -0.3 is 20.6 Å². The molecule has 1 aromatic heterocycles. The van der Waals surface area contributed by atoms with Crippen molar-refractivity contribution in [2.75, 3.05) is 20.2 Å².